The molecule has 0 aliphatic heterocycles. The molecule has 0 fully saturated rings. The first-order valence-electron chi connectivity index (χ1n) is 8.30. The third-order valence-corrected chi connectivity index (χ3v) is 4.71. The molecule has 0 saturated carbocycles. The second-order valence-corrected chi connectivity index (χ2v) is 6.57. The molecule has 0 radical (unpaired) electrons. The maximum absolute atomic E-state index is 11.9. The number of esters is 1. The largest absolute Gasteiger partial charge is 0.456 e. The molecule has 134 valence electrons. The molecule has 0 atom stereocenters. The predicted octanol–water partition coefficient (Wildman–Crippen LogP) is 4.07. The smallest absolute Gasteiger partial charge is 0.306 e. The lowest BCUT2D eigenvalue weighted by Gasteiger charge is -2.01. The minimum absolute atomic E-state index is 0.0240. The Kier molecular flexibility index (Phi) is 5.91. The lowest BCUT2D eigenvalue weighted by atomic mass is 10.1. The average Bonchev–Trinajstić information content (AvgIpc) is 3.36. The van der Waals surface area contributed by atoms with E-state index in [1.807, 2.05) is 29.6 Å². The third-order valence-electron chi connectivity index (χ3n) is 3.80. The molecule has 0 amide bonds. The fourth-order valence-corrected chi connectivity index (χ4v) is 3.01. The van der Waals surface area contributed by atoms with Crippen LogP contribution in [0, 0.1) is 0 Å². The van der Waals surface area contributed by atoms with Gasteiger partial charge in [0.25, 0.3) is 5.89 Å². The average molecular weight is 370 g/mol. The highest BCUT2D eigenvalue weighted by Gasteiger charge is 2.13. The van der Waals surface area contributed by atoms with Crippen molar-refractivity contribution in [2.24, 2.45) is 0 Å². The number of hydrogen-bond acceptors (Lipinski definition) is 7. The normalized spacial score (nSPS) is 10.7. The Morgan fingerprint density at radius 2 is 1.96 bits per heavy atom. The second-order valence-electron chi connectivity index (χ2n) is 5.62. The highest BCUT2D eigenvalue weighted by Crippen LogP contribution is 2.17. The van der Waals surface area contributed by atoms with Crippen molar-refractivity contribution in [1.82, 2.24) is 10.1 Å². The first kappa shape index (κ1) is 18.0. The highest BCUT2D eigenvalue weighted by atomic mass is 32.1. The Morgan fingerprint density at radius 3 is 2.65 bits per heavy atom. The van der Waals surface area contributed by atoms with E-state index < -0.39 is 5.97 Å². The Balaban J connectivity index is 1.48. The minimum Gasteiger partial charge on any atom is -0.456 e. The molecule has 2 heterocycles. The number of ether oxygens (including phenoxy) is 1. The first-order valence-corrected chi connectivity index (χ1v) is 9.18. The van der Waals surface area contributed by atoms with E-state index in [0.717, 1.165) is 12.0 Å². The number of hydrogen-bond donors (Lipinski definition) is 0. The van der Waals surface area contributed by atoms with Crippen molar-refractivity contribution in [3.8, 4) is 11.4 Å². The summed E-state index contributed by atoms with van der Waals surface area (Å²) in [6, 6.07) is 11.4. The number of benzene rings is 1. The molecule has 0 spiro atoms. The number of aromatic nitrogens is 2. The van der Waals surface area contributed by atoms with Crippen molar-refractivity contribution in [2.45, 2.75) is 32.8 Å². The predicted molar refractivity (Wildman–Crippen MR) is 96.8 cm³/mol. The zero-order valence-electron chi connectivity index (χ0n) is 14.3. The van der Waals surface area contributed by atoms with Gasteiger partial charge in [-0.1, -0.05) is 42.4 Å². The van der Waals surface area contributed by atoms with Crippen molar-refractivity contribution >= 4 is 23.1 Å². The van der Waals surface area contributed by atoms with Crippen LogP contribution in [0.25, 0.3) is 11.4 Å². The molecule has 2 aromatic heterocycles. The van der Waals surface area contributed by atoms with Crippen LogP contribution in [0.15, 0.2) is 46.3 Å². The maximum Gasteiger partial charge on any atom is 0.306 e. The summed E-state index contributed by atoms with van der Waals surface area (Å²) >= 11 is 1.36. The van der Waals surface area contributed by atoms with Crippen LogP contribution < -0.4 is 0 Å². The van der Waals surface area contributed by atoms with Gasteiger partial charge in [0, 0.05) is 12.0 Å². The SMILES string of the molecule is CCc1ccc(-c2noc(COC(=O)CCC(=O)c3cccs3)n2)cc1. The van der Waals surface area contributed by atoms with Crippen LogP contribution in [0.5, 0.6) is 0 Å². The molecule has 0 aliphatic rings. The molecule has 3 rings (SSSR count). The van der Waals surface area contributed by atoms with E-state index in [2.05, 4.69) is 17.1 Å². The first-order chi connectivity index (χ1) is 12.7. The van der Waals surface area contributed by atoms with E-state index in [0.29, 0.717) is 10.7 Å². The van der Waals surface area contributed by atoms with Gasteiger partial charge in [0.15, 0.2) is 12.4 Å². The zero-order valence-corrected chi connectivity index (χ0v) is 15.1. The van der Waals surface area contributed by atoms with E-state index in [1.165, 1.54) is 16.9 Å². The maximum atomic E-state index is 11.9. The Hall–Kier alpha value is -2.80. The molecule has 3 aromatic rings. The molecular formula is C19H18N2O4S. The van der Waals surface area contributed by atoms with Crippen molar-refractivity contribution in [3.63, 3.8) is 0 Å². The molecule has 0 aliphatic carbocycles. The zero-order chi connectivity index (χ0) is 18.4. The number of aryl methyl sites for hydroxylation is 1. The van der Waals surface area contributed by atoms with Crippen LogP contribution in [-0.4, -0.2) is 21.9 Å². The number of rotatable bonds is 8. The molecule has 0 saturated heterocycles. The lowest BCUT2D eigenvalue weighted by molar-refractivity contribution is -0.145. The van der Waals surface area contributed by atoms with Crippen LogP contribution in [0.4, 0.5) is 0 Å². The molecule has 6 nitrogen and oxygen atoms in total. The number of carbonyl (C=O) groups is 2. The lowest BCUT2D eigenvalue weighted by Crippen LogP contribution is -2.07. The Morgan fingerprint density at radius 1 is 1.15 bits per heavy atom. The molecule has 7 heteroatoms. The number of ketones is 1. The third kappa shape index (κ3) is 4.64. The van der Waals surface area contributed by atoms with Gasteiger partial charge in [0.1, 0.15) is 0 Å². The van der Waals surface area contributed by atoms with Gasteiger partial charge in [-0.2, -0.15) is 4.98 Å². The Labute approximate surface area is 154 Å². The minimum atomic E-state index is -0.470. The molecule has 26 heavy (non-hydrogen) atoms. The van der Waals surface area contributed by atoms with Gasteiger partial charge in [-0.3, -0.25) is 9.59 Å². The van der Waals surface area contributed by atoms with Crippen molar-refractivity contribution in [2.75, 3.05) is 0 Å². The van der Waals surface area contributed by atoms with E-state index in [1.54, 1.807) is 12.1 Å². The number of thiophene rings is 1. The molecule has 0 bridgehead atoms. The monoisotopic (exact) mass is 370 g/mol. The van der Waals surface area contributed by atoms with E-state index in [-0.39, 0.29) is 31.1 Å². The van der Waals surface area contributed by atoms with Crippen LogP contribution in [0.3, 0.4) is 0 Å². The summed E-state index contributed by atoms with van der Waals surface area (Å²) in [5.74, 6) is 0.138. The summed E-state index contributed by atoms with van der Waals surface area (Å²) in [6.07, 6.45) is 1.11. The summed E-state index contributed by atoms with van der Waals surface area (Å²) in [5, 5.41) is 5.73. The van der Waals surface area contributed by atoms with Crippen LogP contribution in [-0.2, 0) is 22.6 Å². The molecule has 0 N–H and O–H groups in total. The number of carbonyl (C=O) groups excluding carboxylic acids is 2. The fourth-order valence-electron chi connectivity index (χ4n) is 2.31. The summed E-state index contributed by atoms with van der Waals surface area (Å²) in [7, 11) is 0. The van der Waals surface area contributed by atoms with Crippen molar-refractivity contribution < 1.29 is 18.8 Å². The van der Waals surface area contributed by atoms with Gasteiger partial charge < -0.3 is 9.26 Å². The van der Waals surface area contributed by atoms with Gasteiger partial charge >= 0.3 is 5.97 Å². The van der Waals surface area contributed by atoms with Crippen molar-refractivity contribution in [3.05, 3.63) is 58.1 Å². The van der Waals surface area contributed by atoms with Gasteiger partial charge in [-0.25, -0.2) is 0 Å². The number of nitrogens with zero attached hydrogens (tertiary/aromatic N) is 2. The topological polar surface area (TPSA) is 82.3 Å². The van der Waals surface area contributed by atoms with Gasteiger partial charge in [-0.05, 0) is 23.4 Å². The molecule has 1 aromatic carbocycles. The molecular weight excluding hydrogens is 352 g/mol. The quantitative estimate of drug-likeness (QED) is 0.439. The van der Waals surface area contributed by atoms with Crippen LogP contribution in [0.1, 0.15) is 40.9 Å². The number of Topliss-reactive ketones (excluding diaryl/α,β-unsaturated/α-hetero) is 1. The summed E-state index contributed by atoms with van der Waals surface area (Å²) < 4.78 is 10.2. The van der Waals surface area contributed by atoms with Gasteiger partial charge in [-0.15, -0.1) is 11.3 Å². The summed E-state index contributed by atoms with van der Waals surface area (Å²) in [4.78, 5) is 28.5. The van der Waals surface area contributed by atoms with Gasteiger partial charge in [0.2, 0.25) is 5.82 Å². The second kappa shape index (κ2) is 8.53. The standard InChI is InChI=1S/C19H18N2O4S/c1-2-13-5-7-14(8-6-13)19-20-17(25-21-19)12-24-18(23)10-9-15(22)16-4-3-11-26-16/h3-8,11H,2,9-10,12H2,1H3. The van der Waals surface area contributed by atoms with E-state index in [9.17, 15) is 9.59 Å². The Bertz CT molecular complexity index is 869. The van der Waals surface area contributed by atoms with E-state index in [4.69, 9.17) is 9.26 Å². The van der Waals surface area contributed by atoms with Crippen molar-refractivity contribution in [1.29, 1.82) is 0 Å². The van der Waals surface area contributed by atoms with Crippen LogP contribution in [0.2, 0.25) is 0 Å². The molecule has 0 unspecified atom stereocenters. The highest BCUT2D eigenvalue weighted by molar-refractivity contribution is 7.12. The summed E-state index contributed by atoms with van der Waals surface area (Å²) in [6.45, 7) is 1.98. The summed E-state index contributed by atoms with van der Waals surface area (Å²) in [5.41, 5.74) is 2.06. The van der Waals surface area contributed by atoms with E-state index >= 15 is 0 Å². The van der Waals surface area contributed by atoms with Crippen LogP contribution >= 0.6 is 11.3 Å². The fraction of sp³-hybridized carbons (Fsp3) is 0.263. The van der Waals surface area contributed by atoms with Gasteiger partial charge in [0.05, 0.1) is 11.3 Å².